The van der Waals surface area contributed by atoms with Crippen LogP contribution in [0.1, 0.15) is 19.4 Å². The zero-order valence-corrected chi connectivity index (χ0v) is 13.6. The fourth-order valence-corrected chi connectivity index (χ4v) is 1.90. The summed E-state index contributed by atoms with van der Waals surface area (Å²) in [5, 5.41) is 5.56. The second-order valence-corrected chi connectivity index (χ2v) is 5.49. The lowest BCUT2D eigenvalue weighted by molar-refractivity contribution is -0.139. The number of amides is 2. The van der Waals surface area contributed by atoms with Crippen LogP contribution in [0, 0.1) is 0 Å². The number of carbonyl (C=O) groups is 2. The summed E-state index contributed by atoms with van der Waals surface area (Å²) in [6.07, 6.45) is 0. The lowest BCUT2D eigenvalue weighted by Crippen LogP contribution is -2.52. The molecule has 0 radical (unpaired) electrons. The maximum absolute atomic E-state index is 11.5. The van der Waals surface area contributed by atoms with Gasteiger partial charge in [0.15, 0.2) is 16.6 Å². The first-order valence-electron chi connectivity index (χ1n) is 6.99. The van der Waals surface area contributed by atoms with E-state index in [9.17, 15) is 9.59 Å². The van der Waals surface area contributed by atoms with Crippen LogP contribution in [0.2, 0.25) is 0 Å². The van der Waals surface area contributed by atoms with Gasteiger partial charge in [-0.2, -0.15) is 0 Å². The Hall–Kier alpha value is -2.55. The van der Waals surface area contributed by atoms with E-state index < -0.39 is 11.8 Å². The number of fused-ring (bicyclic) bond motifs is 1. The number of hydrazine groups is 1. The molecular formula is C14H18N4O4S. The molecule has 1 aromatic carbocycles. The number of benzene rings is 1. The van der Waals surface area contributed by atoms with E-state index in [0.29, 0.717) is 18.0 Å². The summed E-state index contributed by atoms with van der Waals surface area (Å²) < 4.78 is 10.5. The van der Waals surface area contributed by atoms with Crippen LogP contribution < -0.4 is 31.0 Å². The number of thiocarbonyl (C=S) groups is 1. The molecule has 0 atom stereocenters. The van der Waals surface area contributed by atoms with Gasteiger partial charge in [0.05, 0.1) is 0 Å². The lowest BCUT2D eigenvalue weighted by Gasteiger charge is -2.12. The van der Waals surface area contributed by atoms with Crippen molar-refractivity contribution in [3.63, 3.8) is 0 Å². The molecule has 0 saturated heterocycles. The summed E-state index contributed by atoms with van der Waals surface area (Å²) in [6.45, 7) is 4.17. The first kappa shape index (κ1) is 16.8. The van der Waals surface area contributed by atoms with Crippen molar-refractivity contribution in [2.75, 3.05) is 6.79 Å². The Morgan fingerprint density at radius 1 is 1.17 bits per heavy atom. The average Bonchev–Trinajstić information content (AvgIpc) is 2.97. The van der Waals surface area contributed by atoms with Gasteiger partial charge >= 0.3 is 11.8 Å². The van der Waals surface area contributed by atoms with Gasteiger partial charge in [-0.25, -0.2) is 0 Å². The third-order valence-electron chi connectivity index (χ3n) is 2.81. The van der Waals surface area contributed by atoms with Crippen molar-refractivity contribution in [2.45, 2.75) is 26.4 Å². The second kappa shape index (κ2) is 7.63. The zero-order valence-electron chi connectivity index (χ0n) is 12.8. The molecular weight excluding hydrogens is 320 g/mol. The van der Waals surface area contributed by atoms with Crippen molar-refractivity contribution in [2.24, 2.45) is 0 Å². The molecule has 23 heavy (non-hydrogen) atoms. The standard InChI is InChI=1S/C14H18N4O4S/c1-8(2)16-12(19)13(20)17-18-14(23)15-6-9-3-4-10-11(5-9)22-7-21-10/h3-5,8H,6-7H2,1-2H3,(H,16,19)(H,17,20)(H2,15,18,23). The summed E-state index contributed by atoms with van der Waals surface area (Å²) >= 11 is 5.02. The Balaban J connectivity index is 1.73. The van der Waals surface area contributed by atoms with Gasteiger partial charge in [0.1, 0.15) is 0 Å². The summed E-state index contributed by atoms with van der Waals surface area (Å²) in [7, 11) is 0. The van der Waals surface area contributed by atoms with Gasteiger partial charge in [-0.15, -0.1) is 0 Å². The number of rotatable bonds is 3. The van der Waals surface area contributed by atoms with Gasteiger partial charge in [0.2, 0.25) is 6.79 Å². The number of ether oxygens (including phenoxy) is 2. The molecule has 8 nitrogen and oxygen atoms in total. The molecule has 1 heterocycles. The smallest absolute Gasteiger partial charge is 0.327 e. The average molecular weight is 338 g/mol. The number of carbonyl (C=O) groups excluding carboxylic acids is 2. The maximum atomic E-state index is 11.5. The summed E-state index contributed by atoms with van der Waals surface area (Å²) in [5.74, 6) is -0.156. The molecule has 0 saturated carbocycles. The largest absolute Gasteiger partial charge is 0.454 e. The molecule has 0 aliphatic carbocycles. The molecule has 0 spiro atoms. The third-order valence-corrected chi connectivity index (χ3v) is 3.05. The van der Waals surface area contributed by atoms with Crippen LogP contribution in [0.15, 0.2) is 18.2 Å². The molecule has 0 fully saturated rings. The van der Waals surface area contributed by atoms with E-state index in [-0.39, 0.29) is 17.9 Å². The third kappa shape index (κ3) is 4.99. The van der Waals surface area contributed by atoms with Crippen molar-refractivity contribution in [1.29, 1.82) is 0 Å². The molecule has 0 unspecified atom stereocenters. The van der Waals surface area contributed by atoms with E-state index in [1.807, 2.05) is 18.2 Å². The Labute approximate surface area is 138 Å². The highest BCUT2D eigenvalue weighted by atomic mass is 32.1. The van der Waals surface area contributed by atoms with Crippen LogP contribution in [0.3, 0.4) is 0 Å². The van der Waals surface area contributed by atoms with Gasteiger partial charge in [0, 0.05) is 12.6 Å². The summed E-state index contributed by atoms with van der Waals surface area (Å²) in [4.78, 5) is 22.9. The van der Waals surface area contributed by atoms with Gasteiger partial charge < -0.3 is 20.1 Å². The topological polar surface area (TPSA) is 101 Å². The van der Waals surface area contributed by atoms with E-state index in [2.05, 4.69) is 21.5 Å². The van der Waals surface area contributed by atoms with Crippen LogP contribution in [-0.2, 0) is 16.1 Å². The highest BCUT2D eigenvalue weighted by molar-refractivity contribution is 7.80. The predicted molar refractivity (Wildman–Crippen MR) is 86.6 cm³/mol. The molecule has 124 valence electrons. The van der Waals surface area contributed by atoms with Gasteiger partial charge in [-0.3, -0.25) is 20.4 Å². The summed E-state index contributed by atoms with van der Waals surface area (Å²) in [6, 6.07) is 5.41. The molecule has 1 aromatic rings. The van der Waals surface area contributed by atoms with Crippen molar-refractivity contribution in [3.8, 4) is 11.5 Å². The van der Waals surface area contributed by atoms with Crippen molar-refractivity contribution in [1.82, 2.24) is 21.5 Å². The van der Waals surface area contributed by atoms with E-state index in [1.165, 1.54) is 0 Å². The van der Waals surface area contributed by atoms with E-state index >= 15 is 0 Å². The van der Waals surface area contributed by atoms with Gasteiger partial charge in [0.25, 0.3) is 0 Å². The second-order valence-electron chi connectivity index (χ2n) is 5.08. The molecule has 0 aromatic heterocycles. The van der Waals surface area contributed by atoms with Crippen molar-refractivity contribution >= 4 is 29.1 Å². The lowest BCUT2D eigenvalue weighted by atomic mass is 10.2. The minimum absolute atomic E-state index is 0.121. The van der Waals surface area contributed by atoms with Gasteiger partial charge in [-0.1, -0.05) is 6.07 Å². The Morgan fingerprint density at radius 2 is 1.91 bits per heavy atom. The molecule has 1 aliphatic rings. The molecule has 2 amide bonds. The Kier molecular flexibility index (Phi) is 5.58. The molecule has 4 N–H and O–H groups in total. The van der Waals surface area contributed by atoms with Crippen LogP contribution in [-0.4, -0.2) is 29.8 Å². The van der Waals surface area contributed by atoms with Crippen molar-refractivity contribution in [3.05, 3.63) is 23.8 Å². The number of hydrogen-bond acceptors (Lipinski definition) is 5. The number of hydrogen-bond donors (Lipinski definition) is 4. The van der Waals surface area contributed by atoms with Gasteiger partial charge in [-0.05, 0) is 43.8 Å². The summed E-state index contributed by atoms with van der Waals surface area (Å²) in [5.41, 5.74) is 5.61. The minimum atomic E-state index is -0.814. The predicted octanol–water partition coefficient (Wildman–Crippen LogP) is -0.0648. The maximum Gasteiger partial charge on any atom is 0.327 e. The van der Waals surface area contributed by atoms with E-state index in [0.717, 1.165) is 5.56 Å². The van der Waals surface area contributed by atoms with E-state index in [4.69, 9.17) is 21.7 Å². The Bertz CT molecular complexity index is 621. The SMILES string of the molecule is CC(C)NC(=O)C(=O)NNC(=S)NCc1ccc2c(c1)OCO2. The van der Waals surface area contributed by atoms with Crippen LogP contribution in [0.4, 0.5) is 0 Å². The normalized spacial score (nSPS) is 11.8. The number of nitrogens with one attached hydrogen (secondary N) is 4. The molecule has 2 rings (SSSR count). The van der Waals surface area contributed by atoms with Crippen LogP contribution in [0.5, 0.6) is 11.5 Å². The Morgan fingerprint density at radius 3 is 2.65 bits per heavy atom. The van der Waals surface area contributed by atoms with E-state index in [1.54, 1.807) is 13.8 Å². The highest BCUT2D eigenvalue weighted by Gasteiger charge is 2.15. The first-order valence-corrected chi connectivity index (χ1v) is 7.39. The first-order chi connectivity index (χ1) is 11.0. The fraction of sp³-hybridized carbons (Fsp3) is 0.357. The quantitative estimate of drug-likeness (QED) is 0.348. The molecule has 0 bridgehead atoms. The minimum Gasteiger partial charge on any atom is -0.454 e. The molecule has 9 heteroatoms. The zero-order chi connectivity index (χ0) is 16.8. The molecule has 1 aliphatic heterocycles. The highest BCUT2D eigenvalue weighted by Crippen LogP contribution is 2.32. The van der Waals surface area contributed by atoms with Crippen LogP contribution in [0.25, 0.3) is 0 Å². The monoisotopic (exact) mass is 338 g/mol. The van der Waals surface area contributed by atoms with Crippen LogP contribution >= 0.6 is 12.2 Å². The fourth-order valence-electron chi connectivity index (χ4n) is 1.78. The van der Waals surface area contributed by atoms with Crippen molar-refractivity contribution < 1.29 is 19.1 Å².